The molecule has 1 aliphatic heterocycles. The molecule has 3 atom stereocenters. The van der Waals surface area contributed by atoms with Crippen LogP contribution in [0.15, 0.2) is 24.3 Å². The van der Waals surface area contributed by atoms with Gasteiger partial charge in [-0.25, -0.2) is 0 Å². The van der Waals surface area contributed by atoms with Crippen LogP contribution in [0.5, 0.6) is 0 Å². The molecule has 3 nitrogen and oxygen atoms in total. The molecule has 3 rings (SSSR count). The van der Waals surface area contributed by atoms with Crippen molar-refractivity contribution in [3.63, 3.8) is 0 Å². The van der Waals surface area contributed by atoms with Gasteiger partial charge >= 0.3 is 5.97 Å². The van der Waals surface area contributed by atoms with Crippen LogP contribution < -0.4 is 4.90 Å². The fraction of sp³-hybridized carbons (Fsp3) is 0.588. The molecule has 0 bridgehead atoms. The predicted molar refractivity (Wildman–Crippen MR) is 80.1 cm³/mol. The van der Waals surface area contributed by atoms with Gasteiger partial charge in [-0.1, -0.05) is 32.0 Å². The van der Waals surface area contributed by atoms with Crippen LogP contribution in [0.25, 0.3) is 0 Å². The van der Waals surface area contributed by atoms with Gasteiger partial charge in [-0.05, 0) is 42.7 Å². The molecule has 0 aromatic heterocycles. The van der Waals surface area contributed by atoms with Gasteiger partial charge in [-0.2, -0.15) is 0 Å². The first-order valence-corrected chi connectivity index (χ1v) is 7.64. The maximum absolute atomic E-state index is 11.5. The van der Waals surface area contributed by atoms with Crippen molar-refractivity contribution in [3.8, 4) is 0 Å². The second-order valence-corrected chi connectivity index (χ2v) is 6.67. The minimum atomic E-state index is -0.697. The van der Waals surface area contributed by atoms with E-state index in [9.17, 15) is 9.90 Å². The molecule has 1 fully saturated rings. The summed E-state index contributed by atoms with van der Waals surface area (Å²) in [6.07, 6.45) is 3.67. The smallest absolute Gasteiger partial charge is 0.312 e. The van der Waals surface area contributed by atoms with Crippen LogP contribution in [0.2, 0.25) is 0 Å². The summed E-state index contributed by atoms with van der Waals surface area (Å²) in [6, 6.07) is 8.53. The van der Waals surface area contributed by atoms with Crippen molar-refractivity contribution in [1.82, 2.24) is 0 Å². The average molecular weight is 273 g/mol. The third kappa shape index (κ3) is 2.30. The quantitative estimate of drug-likeness (QED) is 0.896. The SMILES string of the molecule is CC1CC(C)CC(N2CC(C(=O)O)c3ccccc32)C1. The number of carboxylic acids is 1. The third-order valence-corrected chi connectivity index (χ3v) is 4.89. The normalized spacial score (nSPS) is 33.0. The topological polar surface area (TPSA) is 40.5 Å². The standard InChI is InChI=1S/C17H23NO2/c1-11-7-12(2)9-13(8-11)18-10-15(17(19)20)14-5-3-4-6-16(14)18/h3-6,11-13,15H,7-10H2,1-2H3,(H,19,20). The van der Waals surface area contributed by atoms with Crippen LogP contribution in [-0.4, -0.2) is 23.7 Å². The first-order chi connectivity index (χ1) is 9.56. The number of hydrogen-bond donors (Lipinski definition) is 1. The van der Waals surface area contributed by atoms with E-state index in [0.29, 0.717) is 12.6 Å². The zero-order chi connectivity index (χ0) is 14.3. The Morgan fingerprint density at radius 3 is 2.45 bits per heavy atom. The second-order valence-electron chi connectivity index (χ2n) is 6.67. The van der Waals surface area contributed by atoms with E-state index in [1.165, 1.54) is 19.3 Å². The van der Waals surface area contributed by atoms with Gasteiger partial charge in [0.15, 0.2) is 0 Å². The summed E-state index contributed by atoms with van der Waals surface area (Å²) in [5.74, 6) is 0.412. The zero-order valence-corrected chi connectivity index (χ0v) is 12.2. The molecule has 3 unspecified atom stereocenters. The number of anilines is 1. The first-order valence-electron chi connectivity index (χ1n) is 7.64. The molecule has 20 heavy (non-hydrogen) atoms. The van der Waals surface area contributed by atoms with Crippen molar-refractivity contribution in [2.75, 3.05) is 11.4 Å². The van der Waals surface area contributed by atoms with Crippen LogP contribution in [0.3, 0.4) is 0 Å². The highest BCUT2D eigenvalue weighted by Crippen LogP contribution is 2.42. The van der Waals surface area contributed by atoms with Crippen molar-refractivity contribution in [1.29, 1.82) is 0 Å². The van der Waals surface area contributed by atoms with Crippen LogP contribution >= 0.6 is 0 Å². The molecule has 0 radical (unpaired) electrons. The Kier molecular flexibility index (Phi) is 3.45. The summed E-state index contributed by atoms with van der Waals surface area (Å²) in [4.78, 5) is 13.9. The van der Waals surface area contributed by atoms with E-state index in [1.807, 2.05) is 18.2 Å². The third-order valence-electron chi connectivity index (χ3n) is 4.89. The van der Waals surface area contributed by atoms with E-state index in [0.717, 1.165) is 23.1 Å². The largest absolute Gasteiger partial charge is 0.481 e. The monoisotopic (exact) mass is 273 g/mol. The highest BCUT2D eigenvalue weighted by molar-refractivity contribution is 5.83. The first kappa shape index (κ1) is 13.5. The van der Waals surface area contributed by atoms with Gasteiger partial charge in [-0.3, -0.25) is 4.79 Å². The highest BCUT2D eigenvalue weighted by atomic mass is 16.4. The Bertz CT molecular complexity index is 503. The molecule has 1 heterocycles. The molecule has 1 aliphatic carbocycles. The lowest BCUT2D eigenvalue weighted by molar-refractivity contribution is -0.138. The van der Waals surface area contributed by atoms with Crippen LogP contribution in [0, 0.1) is 11.8 Å². The van der Waals surface area contributed by atoms with Gasteiger partial charge in [0.25, 0.3) is 0 Å². The van der Waals surface area contributed by atoms with Gasteiger partial charge in [0.1, 0.15) is 5.92 Å². The lowest BCUT2D eigenvalue weighted by Crippen LogP contribution is -2.40. The minimum absolute atomic E-state index is 0.362. The molecule has 2 aliphatic rings. The van der Waals surface area contributed by atoms with Crippen LogP contribution in [0.4, 0.5) is 5.69 Å². The van der Waals surface area contributed by atoms with E-state index < -0.39 is 5.97 Å². The summed E-state index contributed by atoms with van der Waals surface area (Å²) in [6.45, 7) is 5.28. The van der Waals surface area contributed by atoms with E-state index in [2.05, 4.69) is 24.8 Å². The Labute approximate surface area is 120 Å². The lowest BCUT2D eigenvalue weighted by atomic mass is 9.80. The number of carbonyl (C=O) groups is 1. The molecular weight excluding hydrogens is 250 g/mol. The van der Waals surface area contributed by atoms with E-state index >= 15 is 0 Å². The number of fused-ring (bicyclic) bond motifs is 1. The highest BCUT2D eigenvalue weighted by Gasteiger charge is 2.38. The molecule has 1 saturated carbocycles. The number of aliphatic carboxylic acids is 1. The maximum atomic E-state index is 11.5. The Morgan fingerprint density at radius 2 is 1.80 bits per heavy atom. The molecule has 3 heteroatoms. The minimum Gasteiger partial charge on any atom is -0.481 e. The lowest BCUT2D eigenvalue weighted by Gasteiger charge is -2.38. The fourth-order valence-corrected chi connectivity index (χ4v) is 4.15. The van der Waals surface area contributed by atoms with Crippen molar-refractivity contribution < 1.29 is 9.90 Å². The fourth-order valence-electron chi connectivity index (χ4n) is 4.15. The number of hydrogen-bond acceptors (Lipinski definition) is 2. The van der Waals surface area contributed by atoms with Crippen LogP contribution in [0.1, 0.15) is 44.6 Å². The summed E-state index contributed by atoms with van der Waals surface area (Å²) in [7, 11) is 0. The molecule has 1 aromatic carbocycles. The molecule has 108 valence electrons. The van der Waals surface area contributed by atoms with E-state index in [4.69, 9.17) is 0 Å². The van der Waals surface area contributed by atoms with Crippen molar-refractivity contribution in [3.05, 3.63) is 29.8 Å². The van der Waals surface area contributed by atoms with Crippen molar-refractivity contribution >= 4 is 11.7 Å². The summed E-state index contributed by atoms with van der Waals surface area (Å²) in [5.41, 5.74) is 2.14. The number of para-hydroxylation sites is 1. The molecular formula is C17H23NO2. The predicted octanol–water partition coefficient (Wildman–Crippen LogP) is 3.50. The van der Waals surface area contributed by atoms with E-state index in [-0.39, 0.29) is 5.92 Å². The Hall–Kier alpha value is -1.51. The molecule has 1 aromatic rings. The van der Waals surface area contributed by atoms with Gasteiger partial charge in [0.05, 0.1) is 0 Å². The van der Waals surface area contributed by atoms with Gasteiger partial charge in [-0.15, -0.1) is 0 Å². The Morgan fingerprint density at radius 1 is 1.15 bits per heavy atom. The zero-order valence-electron chi connectivity index (χ0n) is 12.2. The van der Waals surface area contributed by atoms with Gasteiger partial charge in [0, 0.05) is 18.3 Å². The van der Waals surface area contributed by atoms with Crippen molar-refractivity contribution in [2.24, 2.45) is 11.8 Å². The maximum Gasteiger partial charge on any atom is 0.312 e. The molecule has 1 N–H and O–H groups in total. The average Bonchev–Trinajstić information content (AvgIpc) is 2.77. The molecule has 0 amide bonds. The molecule has 0 spiro atoms. The number of rotatable bonds is 2. The van der Waals surface area contributed by atoms with E-state index in [1.54, 1.807) is 0 Å². The Balaban J connectivity index is 1.90. The summed E-state index contributed by atoms with van der Waals surface area (Å²) < 4.78 is 0. The van der Waals surface area contributed by atoms with Crippen LogP contribution in [-0.2, 0) is 4.79 Å². The van der Waals surface area contributed by atoms with Crippen molar-refractivity contribution in [2.45, 2.75) is 45.1 Å². The number of benzene rings is 1. The van der Waals surface area contributed by atoms with Gasteiger partial charge in [0.2, 0.25) is 0 Å². The summed E-state index contributed by atoms with van der Waals surface area (Å²) >= 11 is 0. The van der Waals surface area contributed by atoms with Gasteiger partial charge < -0.3 is 10.0 Å². The number of nitrogens with zero attached hydrogens (tertiary/aromatic N) is 1. The molecule has 0 saturated heterocycles. The number of carboxylic acid groups (broad SMARTS) is 1. The summed E-state index contributed by atoms with van der Waals surface area (Å²) in [5, 5.41) is 9.45. The second kappa shape index (κ2) is 5.12.